The van der Waals surface area contributed by atoms with Crippen LogP contribution in [0.4, 0.5) is 0 Å². The van der Waals surface area contributed by atoms with Crippen LogP contribution in [0.25, 0.3) is 0 Å². The van der Waals surface area contributed by atoms with E-state index in [0.717, 1.165) is 31.4 Å². The average Bonchev–Trinajstić information content (AvgIpc) is 2.46. The Bertz CT molecular complexity index is 455. The minimum Gasteiger partial charge on any atom is -0.340 e. The van der Waals surface area contributed by atoms with Gasteiger partial charge < -0.3 is 10.6 Å². The van der Waals surface area contributed by atoms with Gasteiger partial charge in [0.2, 0.25) is 5.91 Å². The largest absolute Gasteiger partial charge is 0.340 e. The summed E-state index contributed by atoms with van der Waals surface area (Å²) in [7, 11) is 0. The molecule has 0 aromatic heterocycles. The summed E-state index contributed by atoms with van der Waals surface area (Å²) >= 11 is 0. The predicted octanol–water partition coefficient (Wildman–Crippen LogP) is 2.91. The Morgan fingerprint density at radius 2 is 1.95 bits per heavy atom. The molecule has 0 radical (unpaired) electrons. The fourth-order valence-electron chi connectivity index (χ4n) is 3.06. The highest BCUT2D eigenvalue weighted by molar-refractivity contribution is 5.79. The third-order valence-electron chi connectivity index (χ3n) is 4.43. The van der Waals surface area contributed by atoms with Crippen LogP contribution in [0.1, 0.15) is 50.7 Å². The highest BCUT2D eigenvalue weighted by atomic mass is 16.2. The average molecular weight is 288 g/mol. The van der Waals surface area contributed by atoms with E-state index in [4.69, 9.17) is 5.73 Å². The molecule has 0 bridgehead atoms. The summed E-state index contributed by atoms with van der Waals surface area (Å²) in [5.41, 5.74) is 8.44. The molecule has 1 fully saturated rings. The number of carbonyl (C=O) groups excluding carboxylic acids is 1. The van der Waals surface area contributed by atoms with Gasteiger partial charge in [0.15, 0.2) is 0 Å². The van der Waals surface area contributed by atoms with Crippen LogP contribution in [-0.2, 0) is 17.6 Å². The number of amides is 1. The smallest absolute Gasteiger partial charge is 0.227 e. The van der Waals surface area contributed by atoms with E-state index in [1.807, 2.05) is 4.90 Å². The van der Waals surface area contributed by atoms with Crippen LogP contribution >= 0.6 is 0 Å². The van der Waals surface area contributed by atoms with Crippen molar-refractivity contribution in [3.8, 4) is 0 Å². The Morgan fingerprint density at radius 1 is 1.29 bits per heavy atom. The molecule has 2 rings (SSSR count). The quantitative estimate of drug-likeness (QED) is 0.905. The van der Waals surface area contributed by atoms with Crippen molar-refractivity contribution >= 4 is 5.91 Å². The molecule has 1 aromatic carbocycles. The maximum absolute atomic E-state index is 12.4. The Kier molecular flexibility index (Phi) is 5.80. The number of hydrogen-bond donors (Lipinski definition) is 1. The monoisotopic (exact) mass is 288 g/mol. The lowest BCUT2D eigenvalue weighted by Gasteiger charge is -2.36. The predicted molar refractivity (Wildman–Crippen MR) is 87.1 cm³/mol. The van der Waals surface area contributed by atoms with Crippen molar-refractivity contribution in [1.82, 2.24) is 4.90 Å². The van der Waals surface area contributed by atoms with Gasteiger partial charge in [0, 0.05) is 18.6 Å². The third-order valence-corrected chi connectivity index (χ3v) is 4.43. The molecule has 2 atom stereocenters. The lowest BCUT2D eigenvalue weighted by atomic mass is 9.98. The molecular weight excluding hydrogens is 260 g/mol. The number of piperidine rings is 1. The molecule has 116 valence electrons. The number of benzene rings is 1. The number of likely N-dealkylation sites (tertiary alicyclic amines) is 1. The van der Waals surface area contributed by atoms with E-state index < -0.39 is 0 Å². The first kappa shape index (κ1) is 16.0. The van der Waals surface area contributed by atoms with Crippen LogP contribution in [0.3, 0.4) is 0 Å². The van der Waals surface area contributed by atoms with Crippen LogP contribution in [0.15, 0.2) is 24.3 Å². The minimum absolute atomic E-state index is 0.232. The number of aryl methyl sites for hydroxylation is 1. The topological polar surface area (TPSA) is 46.3 Å². The van der Waals surface area contributed by atoms with Crippen molar-refractivity contribution in [3.63, 3.8) is 0 Å². The van der Waals surface area contributed by atoms with Crippen LogP contribution < -0.4 is 5.73 Å². The van der Waals surface area contributed by atoms with Crippen molar-refractivity contribution in [1.29, 1.82) is 0 Å². The molecule has 0 aliphatic carbocycles. The number of nitrogens with zero attached hydrogens (tertiary/aromatic N) is 1. The highest BCUT2D eigenvalue weighted by Crippen LogP contribution is 2.17. The number of carbonyl (C=O) groups is 1. The van der Waals surface area contributed by atoms with Crippen molar-refractivity contribution < 1.29 is 4.79 Å². The maximum atomic E-state index is 12.4. The van der Waals surface area contributed by atoms with Gasteiger partial charge in [-0.3, -0.25) is 4.79 Å². The summed E-state index contributed by atoms with van der Waals surface area (Å²) in [5, 5.41) is 0. The van der Waals surface area contributed by atoms with Gasteiger partial charge >= 0.3 is 0 Å². The van der Waals surface area contributed by atoms with Gasteiger partial charge in [0.25, 0.3) is 0 Å². The number of rotatable bonds is 5. The van der Waals surface area contributed by atoms with Gasteiger partial charge in [-0.25, -0.2) is 0 Å². The number of hydrogen-bond acceptors (Lipinski definition) is 2. The Balaban J connectivity index is 1.90. The summed E-state index contributed by atoms with van der Waals surface area (Å²) < 4.78 is 0. The number of nitrogens with two attached hydrogens (primary N) is 1. The maximum Gasteiger partial charge on any atom is 0.227 e. The third kappa shape index (κ3) is 4.57. The fraction of sp³-hybridized carbons (Fsp3) is 0.611. The molecule has 1 aromatic rings. The standard InChI is InChI=1S/C18H28N2O/c1-3-4-5-15-6-8-16(9-7-15)13-18(21)20-11-10-17(19)12-14(20)2/h6-9,14,17H,3-5,10-13,19H2,1-2H3. The molecular formula is C18H28N2O. The van der Waals surface area contributed by atoms with Crippen molar-refractivity contribution in [2.45, 2.75) is 64.5 Å². The normalized spacial score (nSPS) is 22.3. The molecule has 0 spiro atoms. The molecule has 3 nitrogen and oxygen atoms in total. The molecule has 1 amide bonds. The summed E-state index contributed by atoms with van der Waals surface area (Å²) in [6.07, 6.45) is 5.92. The van der Waals surface area contributed by atoms with E-state index in [-0.39, 0.29) is 18.0 Å². The van der Waals surface area contributed by atoms with E-state index in [9.17, 15) is 4.79 Å². The molecule has 1 saturated heterocycles. The first-order chi connectivity index (χ1) is 10.1. The van der Waals surface area contributed by atoms with E-state index in [0.29, 0.717) is 6.42 Å². The minimum atomic E-state index is 0.232. The van der Waals surface area contributed by atoms with Crippen molar-refractivity contribution in [2.24, 2.45) is 5.73 Å². The van der Waals surface area contributed by atoms with Crippen LogP contribution in [0, 0.1) is 0 Å². The van der Waals surface area contributed by atoms with Crippen molar-refractivity contribution in [2.75, 3.05) is 6.54 Å². The first-order valence-electron chi connectivity index (χ1n) is 8.23. The summed E-state index contributed by atoms with van der Waals surface area (Å²) in [6, 6.07) is 9.04. The molecule has 2 unspecified atom stereocenters. The second kappa shape index (κ2) is 7.60. The Morgan fingerprint density at radius 3 is 2.57 bits per heavy atom. The molecule has 21 heavy (non-hydrogen) atoms. The lowest BCUT2D eigenvalue weighted by molar-refractivity contribution is -0.133. The highest BCUT2D eigenvalue weighted by Gasteiger charge is 2.26. The molecule has 2 N–H and O–H groups in total. The van der Waals surface area contributed by atoms with Gasteiger partial charge in [0.05, 0.1) is 6.42 Å². The van der Waals surface area contributed by atoms with E-state index in [1.54, 1.807) is 0 Å². The molecule has 1 aliphatic heterocycles. The lowest BCUT2D eigenvalue weighted by Crippen LogP contribution is -2.48. The summed E-state index contributed by atoms with van der Waals surface area (Å²) in [6.45, 7) is 5.11. The van der Waals surface area contributed by atoms with Gasteiger partial charge in [-0.15, -0.1) is 0 Å². The second-order valence-corrected chi connectivity index (χ2v) is 6.32. The van der Waals surface area contributed by atoms with Gasteiger partial charge in [0.1, 0.15) is 0 Å². The van der Waals surface area contributed by atoms with Crippen molar-refractivity contribution in [3.05, 3.63) is 35.4 Å². The molecule has 1 heterocycles. The van der Waals surface area contributed by atoms with Crippen LogP contribution in [0.2, 0.25) is 0 Å². The Hall–Kier alpha value is -1.35. The van der Waals surface area contributed by atoms with Gasteiger partial charge in [-0.1, -0.05) is 37.6 Å². The number of unbranched alkanes of at least 4 members (excludes halogenated alkanes) is 1. The first-order valence-corrected chi connectivity index (χ1v) is 8.23. The fourth-order valence-corrected chi connectivity index (χ4v) is 3.06. The van der Waals surface area contributed by atoms with Crippen LogP contribution in [0.5, 0.6) is 0 Å². The van der Waals surface area contributed by atoms with E-state index in [1.165, 1.54) is 18.4 Å². The van der Waals surface area contributed by atoms with E-state index in [2.05, 4.69) is 38.1 Å². The zero-order valence-corrected chi connectivity index (χ0v) is 13.3. The summed E-state index contributed by atoms with van der Waals surface area (Å²) in [4.78, 5) is 14.4. The van der Waals surface area contributed by atoms with Gasteiger partial charge in [-0.05, 0) is 43.7 Å². The molecule has 1 aliphatic rings. The van der Waals surface area contributed by atoms with Gasteiger partial charge in [-0.2, -0.15) is 0 Å². The Labute approximate surface area is 128 Å². The zero-order valence-electron chi connectivity index (χ0n) is 13.3. The van der Waals surface area contributed by atoms with E-state index >= 15 is 0 Å². The second-order valence-electron chi connectivity index (χ2n) is 6.32. The zero-order chi connectivity index (χ0) is 15.2. The van der Waals surface area contributed by atoms with Crippen LogP contribution in [-0.4, -0.2) is 29.4 Å². The SMILES string of the molecule is CCCCc1ccc(CC(=O)N2CCC(N)CC2C)cc1. The summed E-state index contributed by atoms with van der Waals surface area (Å²) in [5.74, 6) is 0.232. The molecule has 3 heteroatoms. The molecule has 0 saturated carbocycles.